The van der Waals surface area contributed by atoms with Gasteiger partial charge in [-0.3, -0.25) is 4.57 Å². The smallest absolute Gasteiger partial charge is 0.111 e. The Hall–Kier alpha value is -5.02. The van der Waals surface area contributed by atoms with E-state index in [0.29, 0.717) is 0 Å². The molecule has 0 spiro atoms. The number of aromatic nitrogens is 2. The predicted molar refractivity (Wildman–Crippen MR) is 160 cm³/mol. The summed E-state index contributed by atoms with van der Waals surface area (Å²) in [6, 6.07) is 43.5. The number of allylic oxidation sites excluding steroid dienone is 2. The zero-order valence-corrected chi connectivity index (χ0v) is 20.8. The van der Waals surface area contributed by atoms with Gasteiger partial charge in [0, 0.05) is 33.8 Å². The molecular weight excluding hydrogens is 462 g/mol. The minimum atomic E-state index is 0.779. The maximum absolute atomic E-state index is 3.70. The number of hydrogen-bond donors (Lipinski definition) is 1. The van der Waals surface area contributed by atoms with Crippen LogP contribution in [-0.2, 0) is 0 Å². The van der Waals surface area contributed by atoms with Crippen LogP contribution in [0.2, 0.25) is 0 Å². The molecule has 0 saturated heterocycles. The predicted octanol–water partition coefficient (Wildman–Crippen LogP) is 8.38. The zero-order chi connectivity index (χ0) is 25.1. The van der Waals surface area contributed by atoms with Crippen LogP contribution in [0, 0.1) is 0 Å². The van der Waals surface area contributed by atoms with Crippen molar-refractivity contribution in [1.82, 2.24) is 14.5 Å². The summed E-state index contributed by atoms with van der Waals surface area (Å²) in [7, 11) is 0. The van der Waals surface area contributed by atoms with Gasteiger partial charge in [-0.15, -0.1) is 0 Å². The van der Waals surface area contributed by atoms with Gasteiger partial charge in [-0.05, 0) is 53.6 Å². The molecule has 3 heteroatoms. The molecule has 3 heterocycles. The highest BCUT2D eigenvalue weighted by Crippen LogP contribution is 2.34. The summed E-state index contributed by atoms with van der Waals surface area (Å²) in [5, 5.41) is 8.83. The van der Waals surface area contributed by atoms with E-state index in [0.717, 1.165) is 12.4 Å². The van der Waals surface area contributed by atoms with Gasteiger partial charge in [-0.25, -0.2) is 0 Å². The maximum Gasteiger partial charge on any atom is 0.111 e. The normalized spacial score (nSPS) is 13.7. The molecule has 180 valence electrons. The van der Waals surface area contributed by atoms with Gasteiger partial charge in [0.2, 0.25) is 0 Å². The summed E-state index contributed by atoms with van der Waals surface area (Å²) in [5.74, 6) is 1.10. The number of hydrogen-bond acceptors (Lipinski definition) is 1. The van der Waals surface area contributed by atoms with Crippen molar-refractivity contribution >= 4 is 55.0 Å². The molecule has 0 unspecified atom stereocenters. The van der Waals surface area contributed by atoms with Gasteiger partial charge in [-0.1, -0.05) is 91.0 Å². The standard InChI is InChI=1S/C35H25N3/c1-5-13-31-27(9-1)28-10-2-6-14-32(28)37(31)26-20-17-24(18-21-26)25-19-22-35(36-23-25)38-33-15-7-3-11-29(33)30-12-4-8-16-34(30)38/h1-22,36H,23H2. The summed E-state index contributed by atoms with van der Waals surface area (Å²) in [4.78, 5) is 0. The Morgan fingerprint density at radius 2 is 0.895 bits per heavy atom. The summed E-state index contributed by atoms with van der Waals surface area (Å²) in [6.07, 6.45) is 4.46. The van der Waals surface area contributed by atoms with Gasteiger partial charge in [0.1, 0.15) is 5.82 Å². The van der Waals surface area contributed by atoms with Crippen LogP contribution in [0.25, 0.3) is 60.7 Å². The van der Waals surface area contributed by atoms with Crippen LogP contribution in [0.15, 0.2) is 133 Å². The molecule has 38 heavy (non-hydrogen) atoms. The third kappa shape index (κ3) is 3.09. The van der Waals surface area contributed by atoms with E-state index in [-0.39, 0.29) is 0 Å². The monoisotopic (exact) mass is 487 g/mol. The van der Waals surface area contributed by atoms with Crippen LogP contribution in [-0.4, -0.2) is 15.7 Å². The fraction of sp³-hybridized carbons (Fsp3) is 0.0286. The summed E-state index contributed by atoms with van der Waals surface area (Å²) in [6.45, 7) is 0.779. The number of nitrogens with one attached hydrogen (secondary N) is 1. The molecule has 0 fully saturated rings. The Morgan fingerprint density at radius 1 is 0.447 bits per heavy atom. The molecule has 2 aromatic heterocycles. The SMILES string of the molecule is C1=C(c2ccc(-n3c4ccccc4c4ccccc43)cc2)CNC(n2c3ccccc3c3ccccc32)=C1. The quantitative estimate of drug-likeness (QED) is 0.266. The summed E-state index contributed by atoms with van der Waals surface area (Å²) >= 11 is 0. The fourth-order valence-electron chi connectivity index (χ4n) is 6.04. The minimum Gasteiger partial charge on any atom is -0.367 e. The van der Waals surface area contributed by atoms with Crippen molar-refractivity contribution in [2.45, 2.75) is 0 Å². The van der Waals surface area contributed by atoms with E-state index in [1.165, 1.54) is 60.4 Å². The van der Waals surface area contributed by atoms with Gasteiger partial charge in [-0.2, -0.15) is 0 Å². The first kappa shape index (κ1) is 21.1. The highest BCUT2D eigenvalue weighted by Gasteiger charge is 2.16. The lowest BCUT2D eigenvalue weighted by atomic mass is 10.0. The Morgan fingerprint density at radius 3 is 1.34 bits per heavy atom. The van der Waals surface area contributed by atoms with Crippen molar-refractivity contribution in [2.24, 2.45) is 0 Å². The van der Waals surface area contributed by atoms with Gasteiger partial charge in [0.15, 0.2) is 0 Å². The number of nitrogens with zero attached hydrogens (tertiary/aromatic N) is 2. The second kappa shape index (κ2) is 8.25. The lowest BCUT2D eigenvalue weighted by molar-refractivity contribution is 0.932. The highest BCUT2D eigenvalue weighted by atomic mass is 15.1. The first-order chi connectivity index (χ1) is 18.9. The fourth-order valence-corrected chi connectivity index (χ4v) is 6.04. The zero-order valence-electron chi connectivity index (χ0n) is 20.8. The van der Waals surface area contributed by atoms with Gasteiger partial charge in [0.05, 0.1) is 22.1 Å². The van der Waals surface area contributed by atoms with Crippen molar-refractivity contribution in [1.29, 1.82) is 0 Å². The molecule has 0 bridgehead atoms. The van der Waals surface area contributed by atoms with Crippen LogP contribution in [0.5, 0.6) is 0 Å². The molecule has 1 aliphatic rings. The Balaban J connectivity index is 1.18. The van der Waals surface area contributed by atoms with E-state index >= 15 is 0 Å². The molecule has 0 atom stereocenters. The van der Waals surface area contributed by atoms with E-state index in [4.69, 9.17) is 0 Å². The molecule has 0 amide bonds. The first-order valence-corrected chi connectivity index (χ1v) is 13.1. The Bertz CT molecular complexity index is 1960. The number of rotatable bonds is 3. The van der Waals surface area contributed by atoms with Crippen molar-refractivity contribution in [2.75, 3.05) is 6.54 Å². The molecular formula is C35H25N3. The van der Waals surface area contributed by atoms with Crippen molar-refractivity contribution < 1.29 is 0 Å². The van der Waals surface area contributed by atoms with Crippen LogP contribution in [0.1, 0.15) is 5.56 Å². The second-order valence-corrected chi connectivity index (χ2v) is 9.88. The molecule has 0 saturated carbocycles. The number of benzene rings is 5. The van der Waals surface area contributed by atoms with Crippen LogP contribution >= 0.6 is 0 Å². The lowest BCUT2D eigenvalue weighted by Crippen LogP contribution is -2.22. The van der Waals surface area contributed by atoms with E-state index in [2.05, 4.69) is 148 Å². The van der Waals surface area contributed by atoms with Crippen LogP contribution in [0.4, 0.5) is 0 Å². The lowest BCUT2D eigenvalue weighted by Gasteiger charge is -2.20. The largest absolute Gasteiger partial charge is 0.367 e. The molecule has 5 aromatic carbocycles. The minimum absolute atomic E-state index is 0.779. The topological polar surface area (TPSA) is 21.9 Å². The maximum atomic E-state index is 3.70. The van der Waals surface area contributed by atoms with Gasteiger partial charge in [0.25, 0.3) is 0 Å². The van der Waals surface area contributed by atoms with Crippen molar-refractivity contribution in [3.63, 3.8) is 0 Å². The van der Waals surface area contributed by atoms with Crippen molar-refractivity contribution in [3.8, 4) is 5.69 Å². The van der Waals surface area contributed by atoms with Crippen LogP contribution in [0.3, 0.4) is 0 Å². The van der Waals surface area contributed by atoms with Gasteiger partial charge >= 0.3 is 0 Å². The first-order valence-electron chi connectivity index (χ1n) is 13.1. The number of dihydropyridines is 1. The average Bonchev–Trinajstić information content (AvgIpc) is 3.51. The molecule has 3 nitrogen and oxygen atoms in total. The average molecular weight is 488 g/mol. The van der Waals surface area contributed by atoms with Gasteiger partial charge < -0.3 is 9.88 Å². The molecule has 0 aliphatic carbocycles. The molecule has 0 radical (unpaired) electrons. The van der Waals surface area contributed by atoms with E-state index < -0.39 is 0 Å². The molecule has 1 N–H and O–H groups in total. The summed E-state index contributed by atoms with van der Waals surface area (Å²) < 4.78 is 4.70. The van der Waals surface area contributed by atoms with Crippen molar-refractivity contribution in [3.05, 3.63) is 139 Å². The molecule has 1 aliphatic heterocycles. The molecule has 8 rings (SSSR count). The third-order valence-corrected chi connectivity index (χ3v) is 7.80. The van der Waals surface area contributed by atoms with E-state index in [1.54, 1.807) is 0 Å². The van der Waals surface area contributed by atoms with E-state index in [9.17, 15) is 0 Å². The summed E-state index contributed by atoms with van der Waals surface area (Å²) in [5.41, 5.74) is 8.61. The Labute approximate surface area is 220 Å². The number of fused-ring (bicyclic) bond motifs is 6. The highest BCUT2D eigenvalue weighted by molar-refractivity contribution is 6.10. The number of para-hydroxylation sites is 4. The van der Waals surface area contributed by atoms with Crippen LogP contribution < -0.4 is 5.32 Å². The van der Waals surface area contributed by atoms with E-state index in [1.807, 2.05) is 0 Å². The second-order valence-electron chi connectivity index (χ2n) is 9.88. The Kier molecular flexibility index (Phi) is 4.58. The molecule has 7 aromatic rings. The third-order valence-electron chi connectivity index (χ3n) is 7.80.